The number of carbonyl (C=O) groups excluding carboxylic acids is 3. The van der Waals surface area contributed by atoms with Crippen LogP contribution in [0.3, 0.4) is 0 Å². The van der Waals surface area contributed by atoms with Crippen molar-refractivity contribution in [3.8, 4) is 0 Å². The number of unbranched alkanes of at least 4 members (excludes halogenated alkanes) is 1. The Morgan fingerprint density at radius 1 is 0.976 bits per heavy atom. The molecule has 1 aliphatic heterocycles. The van der Waals surface area contributed by atoms with Gasteiger partial charge in [0.1, 0.15) is 5.82 Å². The summed E-state index contributed by atoms with van der Waals surface area (Å²) >= 11 is 0. The molecule has 0 radical (unpaired) electrons. The molecule has 0 spiro atoms. The van der Waals surface area contributed by atoms with E-state index in [2.05, 4.69) is 5.32 Å². The SMILES string of the molecule is CCCCC(C(N)=O)C(CC(C)C)C(=O)NC1N=C(c2ccccc2)c2ccccc2N(Cc2ccc(F)cc2)C1=O. The lowest BCUT2D eigenvalue weighted by molar-refractivity contribution is -0.136. The number of aliphatic imine (C=N–C) groups is 1. The van der Waals surface area contributed by atoms with Gasteiger partial charge in [-0.05, 0) is 42.5 Å². The van der Waals surface area contributed by atoms with Gasteiger partial charge < -0.3 is 16.0 Å². The summed E-state index contributed by atoms with van der Waals surface area (Å²) in [6, 6.07) is 22.9. The molecule has 0 aliphatic carbocycles. The summed E-state index contributed by atoms with van der Waals surface area (Å²) in [6.45, 7) is 6.15. The first-order valence-corrected chi connectivity index (χ1v) is 14.6. The van der Waals surface area contributed by atoms with E-state index in [-0.39, 0.29) is 18.3 Å². The monoisotopic (exact) mass is 570 g/mol. The number of hydrogen-bond donors (Lipinski definition) is 2. The molecule has 0 aromatic heterocycles. The van der Waals surface area contributed by atoms with Gasteiger partial charge in [0.05, 0.1) is 17.9 Å². The van der Waals surface area contributed by atoms with Crippen molar-refractivity contribution in [2.75, 3.05) is 4.90 Å². The number of hydrogen-bond acceptors (Lipinski definition) is 4. The number of fused-ring (bicyclic) bond motifs is 1. The zero-order chi connectivity index (χ0) is 30.2. The first-order chi connectivity index (χ1) is 20.2. The number of anilines is 1. The molecule has 3 atom stereocenters. The number of nitrogens with two attached hydrogens (primary N) is 1. The molecule has 0 fully saturated rings. The maximum atomic E-state index is 14.3. The van der Waals surface area contributed by atoms with Crippen molar-refractivity contribution in [1.82, 2.24) is 5.32 Å². The minimum Gasteiger partial charge on any atom is -0.369 e. The predicted octanol–water partition coefficient (Wildman–Crippen LogP) is 5.61. The Morgan fingerprint density at radius 3 is 2.29 bits per heavy atom. The predicted molar refractivity (Wildman–Crippen MR) is 163 cm³/mol. The summed E-state index contributed by atoms with van der Waals surface area (Å²) in [5, 5.41) is 2.90. The first kappa shape index (κ1) is 30.6. The van der Waals surface area contributed by atoms with E-state index in [0.717, 1.165) is 29.5 Å². The molecule has 0 saturated carbocycles. The van der Waals surface area contributed by atoms with Crippen LogP contribution in [0.5, 0.6) is 0 Å². The van der Waals surface area contributed by atoms with Crippen LogP contribution in [0.15, 0.2) is 83.9 Å². The first-order valence-electron chi connectivity index (χ1n) is 14.6. The lowest BCUT2D eigenvalue weighted by atomic mass is 9.81. The van der Waals surface area contributed by atoms with Crippen LogP contribution >= 0.6 is 0 Å². The minimum atomic E-state index is -1.25. The van der Waals surface area contributed by atoms with Gasteiger partial charge in [-0.15, -0.1) is 0 Å². The van der Waals surface area contributed by atoms with Crippen LogP contribution in [-0.2, 0) is 20.9 Å². The topological polar surface area (TPSA) is 105 Å². The standard InChI is InChI=1S/C34H39FN4O3/c1-4-5-13-26(31(36)40)28(20-22(2)3)33(41)38-32-34(42)39(21-23-16-18-25(35)19-17-23)29-15-10-9-14-27(29)30(37-32)24-11-7-6-8-12-24/h6-12,14-19,22,26,28,32H,4-5,13,20-21H2,1-3H3,(H2,36,40)(H,38,41). The number of amides is 3. The molecule has 3 unspecified atom stereocenters. The molecule has 3 aromatic carbocycles. The minimum absolute atomic E-state index is 0.122. The number of carbonyl (C=O) groups is 3. The van der Waals surface area contributed by atoms with Gasteiger partial charge in [0.25, 0.3) is 5.91 Å². The van der Waals surface area contributed by atoms with Crippen molar-refractivity contribution < 1.29 is 18.8 Å². The fourth-order valence-electron chi connectivity index (χ4n) is 5.45. The highest BCUT2D eigenvalue weighted by molar-refractivity contribution is 6.20. The van der Waals surface area contributed by atoms with E-state index < -0.39 is 35.7 Å². The molecule has 3 aromatic rings. The maximum absolute atomic E-state index is 14.3. The number of primary amides is 1. The zero-order valence-electron chi connectivity index (χ0n) is 24.4. The van der Waals surface area contributed by atoms with E-state index in [1.807, 2.05) is 75.4 Å². The highest BCUT2D eigenvalue weighted by Crippen LogP contribution is 2.31. The Morgan fingerprint density at radius 2 is 1.64 bits per heavy atom. The smallest absolute Gasteiger partial charge is 0.272 e. The van der Waals surface area contributed by atoms with Gasteiger partial charge in [0.15, 0.2) is 0 Å². The third kappa shape index (κ3) is 7.29. The molecule has 0 bridgehead atoms. The Bertz CT molecular complexity index is 1420. The van der Waals surface area contributed by atoms with Crippen LogP contribution in [0.1, 0.15) is 63.1 Å². The number of rotatable bonds is 12. The van der Waals surface area contributed by atoms with E-state index in [9.17, 15) is 18.8 Å². The lowest BCUT2D eigenvalue weighted by Crippen LogP contribution is -2.50. The number of nitrogens with zero attached hydrogens (tertiary/aromatic N) is 2. The van der Waals surface area contributed by atoms with Crippen molar-refractivity contribution in [2.45, 2.75) is 59.2 Å². The average molecular weight is 571 g/mol. The number of halogens is 1. The summed E-state index contributed by atoms with van der Waals surface area (Å²) in [5.41, 5.74) is 9.23. The van der Waals surface area contributed by atoms with Crippen LogP contribution < -0.4 is 16.0 Å². The van der Waals surface area contributed by atoms with Gasteiger partial charge in [0.2, 0.25) is 18.0 Å². The zero-order valence-corrected chi connectivity index (χ0v) is 24.4. The largest absolute Gasteiger partial charge is 0.369 e. The van der Waals surface area contributed by atoms with Gasteiger partial charge in [0, 0.05) is 23.0 Å². The number of benzodiazepines with no additional fused rings is 1. The lowest BCUT2D eigenvalue weighted by Gasteiger charge is -2.29. The second-order valence-corrected chi connectivity index (χ2v) is 11.2. The van der Waals surface area contributed by atoms with Crippen LogP contribution in [0.2, 0.25) is 0 Å². The molecule has 1 heterocycles. The normalized spacial score (nSPS) is 16.3. The fourth-order valence-corrected chi connectivity index (χ4v) is 5.45. The van der Waals surface area contributed by atoms with E-state index in [4.69, 9.17) is 10.7 Å². The second-order valence-electron chi connectivity index (χ2n) is 11.2. The summed E-state index contributed by atoms with van der Waals surface area (Å²) < 4.78 is 13.7. The van der Waals surface area contributed by atoms with Gasteiger partial charge in [-0.25, -0.2) is 9.38 Å². The highest BCUT2D eigenvalue weighted by Gasteiger charge is 2.37. The molecule has 0 saturated heterocycles. The van der Waals surface area contributed by atoms with Crippen LogP contribution in [0.4, 0.5) is 10.1 Å². The summed E-state index contributed by atoms with van der Waals surface area (Å²) in [4.78, 5) is 47.1. The molecule has 3 N–H and O–H groups in total. The van der Waals surface area contributed by atoms with E-state index in [1.165, 1.54) is 12.1 Å². The molecule has 4 rings (SSSR count). The van der Waals surface area contributed by atoms with Crippen molar-refractivity contribution in [2.24, 2.45) is 28.5 Å². The van der Waals surface area contributed by atoms with Gasteiger partial charge in [-0.3, -0.25) is 14.4 Å². The maximum Gasteiger partial charge on any atom is 0.272 e. The molecule has 42 heavy (non-hydrogen) atoms. The number of benzene rings is 3. The third-order valence-electron chi connectivity index (χ3n) is 7.57. The third-order valence-corrected chi connectivity index (χ3v) is 7.57. The van der Waals surface area contributed by atoms with Crippen molar-refractivity contribution >= 4 is 29.1 Å². The van der Waals surface area contributed by atoms with Gasteiger partial charge in [-0.1, -0.05) is 94.3 Å². The molecule has 8 heteroatoms. The summed E-state index contributed by atoms with van der Waals surface area (Å²) in [6.07, 6.45) is 1.31. The van der Waals surface area contributed by atoms with Crippen molar-refractivity contribution in [3.05, 3.63) is 101 Å². The fraction of sp³-hybridized carbons (Fsp3) is 0.353. The van der Waals surface area contributed by atoms with E-state index >= 15 is 0 Å². The molecule has 7 nitrogen and oxygen atoms in total. The molecular formula is C34H39FN4O3. The van der Waals surface area contributed by atoms with Crippen LogP contribution in [-0.4, -0.2) is 29.6 Å². The van der Waals surface area contributed by atoms with Gasteiger partial charge in [-0.2, -0.15) is 0 Å². The van der Waals surface area contributed by atoms with E-state index in [1.54, 1.807) is 17.0 Å². The van der Waals surface area contributed by atoms with Gasteiger partial charge >= 0.3 is 0 Å². The molecule has 1 aliphatic rings. The van der Waals surface area contributed by atoms with E-state index in [0.29, 0.717) is 24.2 Å². The number of nitrogens with one attached hydrogen (secondary N) is 1. The van der Waals surface area contributed by atoms with Crippen molar-refractivity contribution in [1.29, 1.82) is 0 Å². The van der Waals surface area contributed by atoms with Crippen LogP contribution in [0.25, 0.3) is 0 Å². The molecular weight excluding hydrogens is 531 g/mol. The average Bonchev–Trinajstić information content (AvgIpc) is 3.08. The Balaban J connectivity index is 1.78. The second kappa shape index (κ2) is 14.0. The summed E-state index contributed by atoms with van der Waals surface area (Å²) in [5.74, 6) is -2.98. The Hall–Kier alpha value is -4.33. The molecule has 3 amide bonds. The quantitative estimate of drug-likeness (QED) is 0.296. The summed E-state index contributed by atoms with van der Waals surface area (Å²) in [7, 11) is 0. The highest BCUT2D eigenvalue weighted by atomic mass is 19.1. The Labute approximate surface area is 247 Å². The number of para-hydroxylation sites is 1. The molecule has 220 valence electrons. The van der Waals surface area contributed by atoms with Crippen LogP contribution in [0, 0.1) is 23.6 Å². The van der Waals surface area contributed by atoms with Crippen molar-refractivity contribution in [3.63, 3.8) is 0 Å². The Kier molecular flexibility index (Phi) is 10.2.